The highest BCUT2D eigenvalue weighted by Crippen LogP contribution is 2.27. The summed E-state index contributed by atoms with van der Waals surface area (Å²) in [5.74, 6) is -2.86. The van der Waals surface area contributed by atoms with E-state index in [9.17, 15) is 57.5 Å². The summed E-state index contributed by atoms with van der Waals surface area (Å²) in [6.45, 7) is 29.1. The second-order valence-electron chi connectivity index (χ2n) is 28.6. The quantitative estimate of drug-likeness (QED) is 0.0234. The van der Waals surface area contributed by atoms with Crippen molar-refractivity contribution in [1.29, 1.82) is 0 Å². The van der Waals surface area contributed by atoms with Crippen LogP contribution in [-0.2, 0) is 80.1 Å². The lowest BCUT2D eigenvalue weighted by molar-refractivity contribution is -0.149. The SMILES string of the molecule is CC(C)(C)OC(=O)N[C@@H](CI)C(=O)OC1CC1.CC(C)(C)OC(=O)N[C@@H](CO)C(=O)OC1CC1.CC[C@H](NC(=O)OC(C)(C)C)C(=O)O.CC[C@H](NC(=O)OC(C)(C)C)C(=O)OC1CC1.Cn1c(=O)n(-c2ccc(C[C@H](NC(=O)OC(C)(C)C)C(=O)OC3CC3)cn2)c(=O)c2ccncc21. The number of esters is 4. The van der Waals surface area contributed by atoms with Crippen LogP contribution in [0.2, 0.25) is 0 Å². The van der Waals surface area contributed by atoms with Gasteiger partial charge in [-0.3, -0.25) is 14.3 Å². The van der Waals surface area contributed by atoms with Crippen molar-refractivity contribution in [3.8, 4) is 5.82 Å². The largest absolute Gasteiger partial charge is 0.480 e. The number of alkyl halides is 1. The van der Waals surface area contributed by atoms with Crippen molar-refractivity contribution in [3.05, 3.63) is 63.2 Å². The average Bonchev–Trinajstić information content (AvgIpc) is 1.44. The van der Waals surface area contributed by atoms with Crippen molar-refractivity contribution in [3.63, 3.8) is 0 Å². The van der Waals surface area contributed by atoms with Gasteiger partial charge in [-0.1, -0.05) is 42.5 Å². The summed E-state index contributed by atoms with van der Waals surface area (Å²) in [4.78, 5) is 150. The molecule has 5 atom stereocenters. The summed E-state index contributed by atoms with van der Waals surface area (Å²) in [5, 5.41) is 30.1. The molecule has 100 heavy (non-hydrogen) atoms. The van der Waals surface area contributed by atoms with Crippen molar-refractivity contribution >= 4 is 93.8 Å². The summed E-state index contributed by atoms with van der Waals surface area (Å²) >= 11 is 2.03. The lowest BCUT2D eigenvalue weighted by atomic mass is 10.1. The van der Waals surface area contributed by atoms with Gasteiger partial charge in [-0.25, -0.2) is 62.3 Å². The number of halogens is 1. The van der Waals surface area contributed by atoms with E-state index >= 15 is 0 Å². The molecule has 7 N–H and O–H groups in total. The van der Waals surface area contributed by atoms with E-state index in [2.05, 4.69) is 36.6 Å². The van der Waals surface area contributed by atoms with E-state index in [4.69, 9.17) is 52.8 Å². The number of hydrogen-bond acceptors (Lipinski definition) is 24. The smallest absolute Gasteiger partial charge is 0.408 e. The second kappa shape index (κ2) is 38.4. The number of carboxylic acid groups (broad SMARTS) is 1. The number of aliphatic carboxylic acids is 1. The number of aromatic nitrogens is 4. The first-order valence-electron chi connectivity index (χ1n) is 32.9. The molecule has 32 nitrogen and oxygen atoms in total. The van der Waals surface area contributed by atoms with Crippen LogP contribution < -0.4 is 37.8 Å². The summed E-state index contributed by atoms with van der Waals surface area (Å²) < 4.78 is 48.7. The minimum absolute atomic E-state index is 0.0494. The topological polar surface area (TPSA) is 424 Å². The van der Waals surface area contributed by atoms with Crippen molar-refractivity contribution in [2.45, 2.75) is 271 Å². The van der Waals surface area contributed by atoms with Gasteiger partial charge >= 0.3 is 66.0 Å². The number of alkyl carbamates (subject to hydrolysis) is 5. The van der Waals surface area contributed by atoms with Gasteiger partial charge < -0.3 is 79.4 Å². The Bertz CT molecular complexity index is 3240. The highest BCUT2D eigenvalue weighted by atomic mass is 127. The third-order valence-electron chi connectivity index (χ3n) is 12.8. The first-order valence-corrected chi connectivity index (χ1v) is 34.5. The lowest BCUT2D eigenvalue weighted by Gasteiger charge is -2.23. The molecule has 4 aliphatic rings. The molecule has 33 heteroatoms. The molecule has 3 aromatic heterocycles. The number of nitrogens with zero attached hydrogens (tertiary/aromatic N) is 4. The predicted octanol–water partition coefficient (Wildman–Crippen LogP) is 7.59. The zero-order valence-corrected chi connectivity index (χ0v) is 62.6. The fourth-order valence-corrected chi connectivity index (χ4v) is 8.16. The number of ether oxygens (including phenoxy) is 9. The number of hydrogen-bond donors (Lipinski definition) is 7. The molecule has 3 heterocycles. The van der Waals surface area contributed by atoms with Gasteiger partial charge in [0.05, 0.1) is 23.7 Å². The Morgan fingerprint density at radius 1 is 0.510 bits per heavy atom. The van der Waals surface area contributed by atoms with Crippen molar-refractivity contribution in [1.82, 2.24) is 45.7 Å². The summed E-state index contributed by atoms with van der Waals surface area (Å²) in [6, 6.07) is 0.509. The third kappa shape index (κ3) is 35.1. The molecule has 0 radical (unpaired) electrons. The number of aryl methyl sites for hydroxylation is 1. The van der Waals surface area contributed by atoms with Gasteiger partial charge in [0, 0.05) is 30.3 Å². The predicted molar refractivity (Wildman–Crippen MR) is 371 cm³/mol. The molecule has 4 fully saturated rings. The number of pyridine rings is 2. The van der Waals surface area contributed by atoms with Gasteiger partial charge in [0.15, 0.2) is 6.04 Å². The number of amides is 5. The highest BCUT2D eigenvalue weighted by Gasteiger charge is 2.36. The molecule has 7 rings (SSSR count). The number of nitrogens with one attached hydrogen (secondary N) is 5. The maximum Gasteiger partial charge on any atom is 0.408 e. The van der Waals surface area contributed by atoms with Gasteiger partial charge in [0.1, 0.15) is 82.4 Å². The zero-order chi connectivity index (χ0) is 75.8. The van der Waals surface area contributed by atoms with Crippen molar-refractivity contribution < 1.29 is 101 Å². The number of carboxylic acids is 1. The van der Waals surface area contributed by atoms with E-state index in [1.54, 1.807) is 130 Å². The van der Waals surface area contributed by atoms with Crippen LogP contribution in [0.5, 0.6) is 0 Å². The Morgan fingerprint density at radius 2 is 0.850 bits per heavy atom. The molecule has 0 bridgehead atoms. The van der Waals surface area contributed by atoms with E-state index < -0.39 is 124 Å². The minimum atomic E-state index is -1.06. The fraction of sp³-hybridized carbons (Fsp3) is 0.672. The van der Waals surface area contributed by atoms with Crippen LogP contribution in [-0.4, -0.2) is 183 Å². The zero-order valence-electron chi connectivity index (χ0n) is 60.5. The number of carbonyl (C=O) groups is 10. The van der Waals surface area contributed by atoms with Crippen LogP contribution >= 0.6 is 22.6 Å². The van der Waals surface area contributed by atoms with Crippen LogP contribution in [0, 0.1) is 0 Å². The van der Waals surface area contributed by atoms with Crippen LogP contribution in [0.4, 0.5) is 24.0 Å². The maximum atomic E-state index is 13.0. The number of aliphatic hydroxyl groups is 1. The molecule has 560 valence electrons. The van der Waals surface area contributed by atoms with Crippen LogP contribution in [0.25, 0.3) is 16.7 Å². The third-order valence-corrected chi connectivity index (χ3v) is 13.7. The molecule has 0 unspecified atom stereocenters. The maximum absolute atomic E-state index is 13.0. The number of carbonyl (C=O) groups excluding carboxylic acids is 9. The van der Waals surface area contributed by atoms with E-state index in [-0.39, 0.29) is 48.6 Å². The van der Waals surface area contributed by atoms with Crippen molar-refractivity contribution in [2.75, 3.05) is 11.0 Å². The number of rotatable bonds is 21. The molecule has 0 aliphatic heterocycles. The number of aliphatic hydroxyl groups excluding tert-OH is 1. The van der Waals surface area contributed by atoms with E-state index in [0.717, 1.165) is 55.9 Å². The molecule has 0 aromatic carbocycles. The Hall–Kier alpha value is -8.37. The average molecular weight is 1530 g/mol. The molecule has 4 aliphatic carbocycles. The Labute approximate surface area is 595 Å². The Kier molecular flexibility index (Phi) is 33.0. The Morgan fingerprint density at radius 3 is 1.18 bits per heavy atom. The number of fused-ring (bicyclic) bond motifs is 1. The lowest BCUT2D eigenvalue weighted by Crippen LogP contribution is -2.46. The molecule has 3 aromatic rings. The first-order chi connectivity index (χ1) is 46.2. The molecular weight excluding hydrogens is 1430 g/mol. The molecule has 0 spiro atoms. The van der Waals surface area contributed by atoms with E-state index in [1.165, 1.54) is 29.2 Å². The highest BCUT2D eigenvalue weighted by molar-refractivity contribution is 14.1. The van der Waals surface area contributed by atoms with Gasteiger partial charge in [0.2, 0.25) is 0 Å². The minimum Gasteiger partial charge on any atom is -0.480 e. The van der Waals surface area contributed by atoms with Crippen molar-refractivity contribution in [2.24, 2.45) is 7.05 Å². The van der Waals surface area contributed by atoms with Gasteiger partial charge in [-0.2, -0.15) is 0 Å². The molecule has 4 saturated carbocycles. The van der Waals surface area contributed by atoms with Crippen LogP contribution in [0.1, 0.15) is 187 Å². The van der Waals surface area contributed by atoms with Crippen LogP contribution in [0.15, 0.2) is 46.4 Å². The van der Waals surface area contributed by atoms with E-state index in [1.807, 2.05) is 29.5 Å². The molecular formula is C67H102IN9O23. The Balaban J connectivity index is 0.000000344. The summed E-state index contributed by atoms with van der Waals surface area (Å²) in [7, 11) is 1.55. The van der Waals surface area contributed by atoms with Gasteiger partial charge in [0.25, 0.3) is 5.56 Å². The first kappa shape index (κ1) is 85.9. The summed E-state index contributed by atoms with van der Waals surface area (Å²) in [5.41, 5.74) is -3.18. The fourth-order valence-electron chi connectivity index (χ4n) is 7.58. The normalized spacial score (nSPS) is 15.6. The molecule has 5 amide bonds. The second-order valence-corrected chi connectivity index (χ2v) is 29.5. The summed E-state index contributed by atoms with van der Waals surface area (Å²) in [6.07, 6.45) is 8.83. The van der Waals surface area contributed by atoms with E-state index in [0.29, 0.717) is 33.7 Å². The standard InChI is InChI=1S/C24H27N5O6.C12H21NO4.C11H18INO4.C11H19NO5.C9H17NO4/c1-24(2,3)35-22(32)27-17(21(31)34-15-6-7-15)11-14-5-8-19(26-12-14)29-20(30)16-9-10-25-13-18(16)28(4)23(29)33;1-5-9(10(14)16-8-6-7-8)13-11(15)17-12(2,3)4;1-11(2,3)17-10(15)13-8(6-12)9(14)16-7-4-5-7;1-11(2,3)17-10(15)12-8(6-13)9(14)16-7-4-5-7;1-5-6(7(11)12)10-8(13)14-9(2,3)4/h5,8-10,12-13,15,17H,6-7,11H2,1-4H3,(H,27,32);8-9H,5-7H2,1-4H3,(H,13,15);7-8H,4-6H2,1-3H3,(H,13,15);7-8,13H,4-6H2,1-3H3,(H,12,15);6H,5H2,1-4H3,(H,10,13)(H,11,12)/t17-;9-;2*8-;6-/m00000/s1. The van der Waals surface area contributed by atoms with Gasteiger partial charge in [-0.15, -0.1) is 0 Å². The van der Waals surface area contributed by atoms with Gasteiger partial charge in [-0.05, 0) is 186 Å². The monoisotopic (exact) mass is 1530 g/mol. The molecule has 0 saturated heterocycles. The van der Waals surface area contributed by atoms with Crippen LogP contribution in [0.3, 0.4) is 0 Å².